The number of carboxylic acid groups (broad SMARTS) is 2. The molecule has 2 aromatic heterocycles. The first-order valence-electron chi connectivity index (χ1n) is 21.8. The van der Waals surface area contributed by atoms with Crippen molar-refractivity contribution in [2.45, 2.75) is 90.8 Å². The fraction of sp³-hybridized carbons (Fsp3) is 0.296. The summed E-state index contributed by atoms with van der Waals surface area (Å²) in [4.78, 5) is 29.7. The van der Waals surface area contributed by atoms with E-state index < -0.39 is 11.9 Å². The number of ether oxygens (including phenoxy) is 2. The summed E-state index contributed by atoms with van der Waals surface area (Å²) in [7, 11) is 0. The van der Waals surface area contributed by atoms with Crippen LogP contribution in [0.4, 0.5) is 0 Å². The molecule has 0 saturated heterocycles. The van der Waals surface area contributed by atoms with Crippen LogP contribution in [0.1, 0.15) is 92.8 Å². The molecule has 0 bridgehead atoms. The Morgan fingerprint density at radius 1 is 0.612 bits per heavy atom. The first-order chi connectivity index (χ1) is 32.0. The van der Waals surface area contributed by atoms with E-state index in [1.165, 1.54) is 32.0 Å². The van der Waals surface area contributed by atoms with Crippen LogP contribution < -0.4 is 19.7 Å². The van der Waals surface area contributed by atoms with Crippen LogP contribution in [0.15, 0.2) is 109 Å². The number of aliphatic carboxylic acids is 2. The van der Waals surface area contributed by atoms with Crippen molar-refractivity contribution in [2.24, 2.45) is 0 Å². The van der Waals surface area contributed by atoms with E-state index in [1.807, 2.05) is 48.5 Å². The number of carbonyl (C=O) groups is 2. The topological polar surface area (TPSA) is 105 Å². The number of nitrogens with zero attached hydrogens (tertiary/aromatic N) is 2. The molecule has 67 heavy (non-hydrogen) atoms. The number of carbonyl (C=O) groups excluding carboxylic acids is 2. The van der Waals surface area contributed by atoms with E-state index in [9.17, 15) is 19.8 Å². The van der Waals surface area contributed by atoms with Gasteiger partial charge in [-0.15, -0.1) is 34.5 Å². The summed E-state index contributed by atoms with van der Waals surface area (Å²) in [5, 5.41) is 22.0. The van der Waals surface area contributed by atoms with Crippen molar-refractivity contribution in [3.8, 4) is 35.2 Å². The van der Waals surface area contributed by atoms with Crippen molar-refractivity contribution in [1.82, 2.24) is 9.80 Å². The van der Waals surface area contributed by atoms with Crippen LogP contribution in [-0.4, -0.2) is 72.6 Å². The Kier molecular flexibility index (Phi) is 20.1. The van der Waals surface area contributed by atoms with Gasteiger partial charge >= 0.3 is 37.7 Å². The molecule has 4 aromatic carbocycles. The molecule has 8 nitrogen and oxygen atoms in total. The van der Waals surface area contributed by atoms with E-state index in [0.29, 0.717) is 13.2 Å². The molecular weight excluding hydrogens is 948 g/mol. The maximum atomic E-state index is 11.0. The van der Waals surface area contributed by atoms with Crippen LogP contribution in [0.5, 0.6) is 11.5 Å². The zero-order valence-corrected chi connectivity index (χ0v) is 43.0. The summed E-state index contributed by atoms with van der Waals surface area (Å²) in [5.74, 6) is 9.96. The SMILES string of the molecule is CC#C[C@@H](CC(=O)[O-])c1ccc(OCc2cccc(CN3CCc4sc(Cl)cc4C3)c2)cc1.CC#C[C@@H](CC(=O)[O-])c1ccc(OCc2cccc(CN3CCc4sc(Cl)cc4C3)c2)cc1.[Ca+2]. The minimum Gasteiger partial charge on any atom is -0.550 e. The fourth-order valence-corrected chi connectivity index (χ4v) is 10.8. The fourth-order valence-electron chi connectivity index (χ4n) is 8.24. The molecule has 2 aliphatic heterocycles. The van der Waals surface area contributed by atoms with Gasteiger partial charge in [-0.3, -0.25) is 9.80 Å². The van der Waals surface area contributed by atoms with Crippen molar-refractivity contribution < 1.29 is 29.3 Å². The number of rotatable bonds is 16. The number of hydrogen-bond donors (Lipinski definition) is 0. The molecule has 0 N–H and O–H groups in total. The first-order valence-corrected chi connectivity index (χ1v) is 24.2. The molecule has 2 atom stereocenters. The van der Waals surface area contributed by atoms with Crippen LogP contribution in [0.2, 0.25) is 8.67 Å². The third-order valence-corrected chi connectivity index (χ3v) is 14.1. The van der Waals surface area contributed by atoms with Gasteiger partial charge in [-0.25, -0.2) is 0 Å². The Labute approximate surface area is 441 Å². The van der Waals surface area contributed by atoms with Gasteiger partial charge in [0.15, 0.2) is 0 Å². The summed E-state index contributed by atoms with van der Waals surface area (Å²) in [6, 6.07) is 36.1. The van der Waals surface area contributed by atoms with E-state index in [0.717, 1.165) is 94.5 Å². The Morgan fingerprint density at radius 2 is 1.00 bits per heavy atom. The standard InChI is InChI=1S/2C27H26ClNO3S.Ca/c2*1-2-4-22(15-27(30)31)21-7-9-24(10-8-21)32-18-20-6-3-5-19(13-20)16-29-12-11-25-23(17-29)14-26(28)33-25;/h2*3,5-10,13-14,22H,11-12,15-18H2,1H3,(H,30,31);/q;;+2/p-2/t2*22-;/m00./s1. The molecule has 0 amide bonds. The monoisotopic (exact) mass is 996 g/mol. The van der Waals surface area contributed by atoms with E-state index in [2.05, 4.69) is 94.1 Å². The molecular formula is C54H50CaCl2N2O6S2. The summed E-state index contributed by atoms with van der Waals surface area (Å²) in [6.45, 7) is 10.1. The second-order valence-corrected chi connectivity index (χ2v) is 19.9. The molecule has 0 spiro atoms. The van der Waals surface area contributed by atoms with E-state index in [1.54, 1.807) is 36.5 Å². The van der Waals surface area contributed by atoms with Gasteiger partial charge < -0.3 is 29.3 Å². The van der Waals surface area contributed by atoms with Gasteiger partial charge in [0.1, 0.15) is 24.7 Å². The Balaban J connectivity index is 0.000000218. The summed E-state index contributed by atoms with van der Waals surface area (Å²) in [6.07, 6.45) is 1.87. The zero-order valence-electron chi connectivity index (χ0n) is 37.7. The molecule has 0 unspecified atom stereocenters. The van der Waals surface area contributed by atoms with Gasteiger partial charge in [0.2, 0.25) is 0 Å². The largest absolute Gasteiger partial charge is 2.00 e. The van der Waals surface area contributed by atoms with Gasteiger partial charge in [0.05, 0.1) is 20.5 Å². The molecule has 0 saturated carbocycles. The molecule has 0 radical (unpaired) electrons. The van der Waals surface area contributed by atoms with Crippen molar-refractivity contribution >= 4 is 95.6 Å². The van der Waals surface area contributed by atoms with Crippen LogP contribution in [0.25, 0.3) is 0 Å². The normalized spacial score (nSPS) is 13.9. The Morgan fingerprint density at radius 3 is 1.37 bits per heavy atom. The van der Waals surface area contributed by atoms with E-state index in [-0.39, 0.29) is 62.4 Å². The summed E-state index contributed by atoms with van der Waals surface area (Å²) in [5.41, 5.74) is 9.15. The minimum absolute atomic E-state index is 0. The number of thiophene rings is 2. The predicted octanol–water partition coefficient (Wildman–Crippen LogP) is 9.19. The Bertz CT molecular complexity index is 2550. The molecule has 340 valence electrons. The van der Waals surface area contributed by atoms with Crippen LogP contribution in [0.3, 0.4) is 0 Å². The van der Waals surface area contributed by atoms with Crippen LogP contribution >= 0.6 is 45.9 Å². The minimum atomic E-state index is -1.10. The van der Waals surface area contributed by atoms with Gasteiger partial charge in [-0.2, -0.15) is 0 Å². The van der Waals surface area contributed by atoms with Gasteiger partial charge in [-0.1, -0.05) is 108 Å². The molecule has 13 heteroatoms. The third-order valence-electron chi connectivity index (χ3n) is 11.4. The third kappa shape index (κ3) is 15.9. The maximum Gasteiger partial charge on any atom is 2.00 e. The molecule has 4 heterocycles. The van der Waals surface area contributed by atoms with Gasteiger partial charge in [-0.05, 0) is 108 Å². The Hall–Kier alpha value is -4.30. The van der Waals surface area contributed by atoms with Crippen molar-refractivity contribution in [3.05, 3.63) is 172 Å². The zero-order chi connectivity index (χ0) is 46.4. The number of hydrogen-bond acceptors (Lipinski definition) is 10. The number of benzene rings is 4. The van der Waals surface area contributed by atoms with Crippen LogP contribution in [-0.2, 0) is 61.8 Å². The van der Waals surface area contributed by atoms with Gasteiger partial charge in [0, 0.05) is 73.8 Å². The molecule has 8 rings (SSSR count). The quantitative estimate of drug-likeness (QED) is 0.0699. The summed E-state index contributed by atoms with van der Waals surface area (Å²) < 4.78 is 13.7. The van der Waals surface area contributed by atoms with Gasteiger partial charge in [0.25, 0.3) is 0 Å². The number of halogens is 2. The molecule has 0 aliphatic carbocycles. The second kappa shape index (κ2) is 25.9. The van der Waals surface area contributed by atoms with Crippen molar-refractivity contribution in [2.75, 3.05) is 13.1 Å². The van der Waals surface area contributed by atoms with E-state index in [4.69, 9.17) is 32.7 Å². The molecule has 2 aliphatic rings. The summed E-state index contributed by atoms with van der Waals surface area (Å²) >= 11 is 15.8. The predicted molar refractivity (Wildman–Crippen MR) is 266 cm³/mol. The maximum absolute atomic E-state index is 11.0. The van der Waals surface area contributed by atoms with Crippen LogP contribution in [0, 0.1) is 23.7 Å². The second-order valence-electron chi connectivity index (χ2n) is 16.3. The molecule has 0 fully saturated rings. The van der Waals surface area contributed by atoms with Crippen molar-refractivity contribution in [3.63, 3.8) is 0 Å². The first kappa shape index (κ1) is 52.1. The van der Waals surface area contributed by atoms with Crippen molar-refractivity contribution in [1.29, 1.82) is 0 Å². The van der Waals surface area contributed by atoms with E-state index >= 15 is 0 Å². The number of fused-ring (bicyclic) bond motifs is 2. The average molecular weight is 998 g/mol. The average Bonchev–Trinajstić information content (AvgIpc) is 3.87. The molecule has 6 aromatic rings. The smallest absolute Gasteiger partial charge is 0.550 e. The number of carboxylic acids is 2.